The van der Waals surface area contributed by atoms with Crippen molar-refractivity contribution in [3.8, 4) is 0 Å². The molecule has 6 nitrogen and oxygen atoms in total. The second-order valence-electron chi connectivity index (χ2n) is 6.54. The zero-order valence-electron chi connectivity index (χ0n) is 14.4. The number of amides is 1. The van der Waals surface area contributed by atoms with Crippen LogP contribution in [0.25, 0.3) is 0 Å². The number of nitro benzene ring substituents is 1. The summed E-state index contributed by atoms with van der Waals surface area (Å²) in [5, 5.41) is 14.0. The third kappa shape index (κ3) is 3.33. The van der Waals surface area contributed by atoms with Crippen LogP contribution in [0.1, 0.15) is 28.8 Å². The summed E-state index contributed by atoms with van der Waals surface area (Å²) in [4.78, 5) is 24.7. The molecule has 1 saturated carbocycles. The van der Waals surface area contributed by atoms with Crippen molar-refractivity contribution in [1.29, 1.82) is 0 Å². The average molecular weight is 339 g/mol. The van der Waals surface area contributed by atoms with Crippen LogP contribution in [0.4, 0.5) is 11.4 Å². The summed E-state index contributed by atoms with van der Waals surface area (Å²) in [5.74, 6) is -0.333. The topological polar surface area (TPSA) is 75.5 Å². The third-order valence-electron chi connectivity index (χ3n) is 4.85. The number of benzene rings is 2. The van der Waals surface area contributed by atoms with Gasteiger partial charge >= 0.3 is 0 Å². The molecule has 1 amide bonds. The summed E-state index contributed by atoms with van der Waals surface area (Å²) in [6.07, 6.45) is 2.15. The Morgan fingerprint density at radius 2 is 1.92 bits per heavy atom. The van der Waals surface area contributed by atoms with Gasteiger partial charge in [-0.25, -0.2) is 0 Å². The van der Waals surface area contributed by atoms with E-state index in [1.807, 2.05) is 30.1 Å². The maximum atomic E-state index is 11.7. The molecular weight excluding hydrogens is 318 g/mol. The van der Waals surface area contributed by atoms with E-state index in [-0.39, 0.29) is 22.6 Å². The quantitative estimate of drug-likeness (QED) is 0.648. The van der Waals surface area contributed by atoms with Crippen molar-refractivity contribution < 1.29 is 9.72 Å². The lowest BCUT2D eigenvalue weighted by Crippen LogP contribution is -2.29. The summed E-state index contributed by atoms with van der Waals surface area (Å²) >= 11 is 0. The largest absolute Gasteiger partial charge is 0.368 e. The Morgan fingerprint density at radius 1 is 1.24 bits per heavy atom. The molecule has 0 unspecified atom stereocenters. The van der Waals surface area contributed by atoms with Crippen molar-refractivity contribution >= 4 is 17.3 Å². The van der Waals surface area contributed by atoms with Gasteiger partial charge < -0.3 is 10.2 Å². The molecule has 1 aliphatic carbocycles. The first-order chi connectivity index (χ1) is 12.0. The predicted octanol–water partition coefficient (Wildman–Crippen LogP) is 3.12. The van der Waals surface area contributed by atoms with Crippen molar-refractivity contribution in [2.24, 2.45) is 0 Å². The highest BCUT2D eigenvalue weighted by molar-refractivity contribution is 5.95. The van der Waals surface area contributed by atoms with E-state index in [0.29, 0.717) is 12.2 Å². The maximum Gasteiger partial charge on any atom is 0.293 e. The molecule has 25 heavy (non-hydrogen) atoms. The van der Waals surface area contributed by atoms with Crippen molar-refractivity contribution in [1.82, 2.24) is 5.32 Å². The summed E-state index contributed by atoms with van der Waals surface area (Å²) in [6, 6.07) is 14.9. The fourth-order valence-electron chi connectivity index (χ4n) is 3.30. The minimum atomic E-state index is -0.430. The zero-order chi connectivity index (χ0) is 18.0. The number of nitrogens with one attached hydrogen (secondary N) is 1. The molecular formula is C19H21N3O3. The number of nitrogens with zero attached hydrogens (tertiary/aromatic N) is 2. The number of carbonyl (C=O) groups is 1. The molecule has 0 saturated heterocycles. The fraction of sp³-hybridized carbons (Fsp3) is 0.316. The molecule has 1 aliphatic rings. The van der Waals surface area contributed by atoms with Gasteiger partial charge in [-0.3, -0.25) is 14.9 Å². The van der Waals surface area contributed by atoms with Crippen LogP contribution < -0.4 is 10.2 Å². The minimum Gasteiger partial charge on any atom is -0.368 e. The molecule has 0 bridgehead atoms. The van der Waals surface area contributed by atoms with E-state index >= 15 is 0 Å². The van der Waals surface area contributed by atoms with Gasteiger partial charge in [0.25, 0.3) is 11.6 Å². The number of nitro groups is 1. The van der Waals surface area contributed by atoms with Crippen molar-refractivity contribution in [3.05, 3.63) is 69.8 Å². The van der Waals surface area contributed by atoms with Gasteiger partial charge in [0.1, 0.15) is 5.69 Å². The van der Waals surface area contributed by atoms with E-state index in [4.69, 9.17) is 0 Å². The van der Waals surface area contributed by atoms with Crippen LogP contribution in [0, 0.1) is 10.1 Å². The molecule has 1 fully saturated rings. The first kappa shape index (κ1) is 17.0. The van der Waals surface area contributed by atoms with Gasteiger partial charge in [-0.15, -0.1) is 0 Å². The Morgan fingerprint density at radius 3 is 2.48 bits per heavy atom. The third-order valence-corrected chi connectivity index (χ3v) is 4.85. The van der Waals surface area contributed by atoms with Crippen LogP contribution in [0.5, 0.6) is 0 Å². The fourth-order valence-corrected chi connectivity index (χ4v) is 3.30. The molecule has 0 spiro atoms. The first-order valence-corrected chi connectivity index (χ1v) is 8.24. The van der Waals surface area contributed by atoms with Crippen molar-refractivity contribution in [3.63, 3.8) is 0 Å². The minimum absolute atomic E-state index is 0.0486. The lowest BCUT2D eigenvalue weighted by molar-refractivity contribution is -0.384. The monoisotopic (exact) mass is 339 g/mol. The van der Waals surface area contributed by atoms with E-state index in [1.165, 1.54) is 18.7 Å². The predicted molar refractivity (Wildman–Crippen MR) is 97.1 cm³/mol. The van der Waals surface area contributed by atoms with E-state index in [9.17, 15) is 14.9 Å². The Labute approximate surface area is 146 Å². The summed E-state index contributed by atoms with van der Waals surface area (Å²) in [7, 11) is 3.37. The average Bonchev–Trinajstić information content (AvgIpc) is 3.41. The number of hydrogen-bond donors (Lipinski definition) is 1. The summed E-state index contributed by atoms with van der Waals surface area (Å²) in [6.45, 7) is 0.706. The van der Waals surface area contributed by atoms with E-state index in [0.717, 1.165) is 12.8 Å². The molecule has 0 atom stereocenters. The molecule has 2 aromatic rings. The molecule has 0 aromatic heterocycles. The highest BCUT2D eigenvalue weighted by Gasteiger charge is 2.45. The molecule has 0 aliphatic heterocycles. The van der Waals surface area contributed by atoms with Crippen LogP contribution in [-0.4, -0.2) is 31.5 Å². The van der Waals surface area contributed by atoms with Gasteiger partial charge in [0.15, 0.2) is 0 Å². The van der Waals surface area contributed by atoms with Crippen LogP contribution >= 0.6 is 0 Å². The SMILES string of the molecule is CNC(=O)c1ccc(N(C)CC2(c3ccccc3)CC2)c([N+](=O)[O-])c1. The van der Waals surface area contributed by atoms with Crippen LogP contribution in [-0.2, 0) is 5.41 Å². The molecule has 3 rings (SSSR count). The molecule has 6 heteroatoms. The second-order valence-corrected chi connectivity index (χ2v) is 6.54. The number of carbonyl (C=O) groups excluding carboxylic acids is 1. The van der Waals surface area contributed by atoms with E-state index in [2.05, 4.69) is 17.4 Å². The van der Waals surface area contributed by atoms with Gasteiger partial charge in [-0.2, -0.15) is 0 Å². The van der Waals surface area contributed by atoms with Gasteiger partial charge in [0, 0.05) is 37.7 Å². The highest BCUT2D eigenvalue weighted by Crippen LogP contribution is 2.49. The van der Waals surface area contributed by atoms with Crippen molar-refractivity contribution in [2.45, 2.75) is 18.3 Å². The van der Waals surface area contributed by atoms with Crippen LogP contribution in [0.3, 0.4) is 0 Å². The number of rotatable bonds is 6. The number of anilines is 1. The van der Waals surface area contributed by atoms with Gasteiger partial charge in [0.2, 0.25) is 0 Å². The van der Waals surface area contributed by atoms with E-state index < -0.39 is 4.92 Å². The molecule has 130 valence electrons. The standard InChI is InChI=1S/C19H21N3O3/c1-20-18(23)14-8-9-16(17(12-14)22(24)25)21(2)13-19(10-11-19)15-6-4-3-5-7-15/h3-9,12H,10-11,13H2,1-2H3,(H,20,23). The lowest BCUT2D eigenvalue weighted by Gasteiger charge is -2.26. The number of hydrogen-bond acceptors (Lipinski definition) is 4. The van der Waals surface area contributed by atoms with Gasteiger partial charge in [-0.1, -0.05) is 30.3 Å². The first-order valence-electron chi connectivity index (χ1n) is 8.24. The Balaban J connectivity index is 1.88. The Kier molecular flexibility index (Phi) is 4.44. The van der Waals surface area contributed by atoms with Crippen molar-refractivity contribution in [2.75, 3.05) is 25.5 Å². The molecule has 2 aromatic carbocycles. The smallest absolute Gasteiger partial charge is 0.293 e. The van der Waals surface area contributed by atoms with Crippen LogP contribution in [0.2, 0.25) is 0 Å². The summed E-state index contributed by atoms with van der Waals surface area (Å²) < 4.78 is 0. The highest BCUT2D eigenvalue weighted by atomic mass is 16.6. The Bertz CT molecular complexity index is 801. The zero-order valence-corrected chi connectivity index (χ0v) is 14.4. The normalized spacial score (nSPS) is 14.6. The molecule has 1 N–H and O–H groups in total. The summed E-state index contributed by atoms with van der Waals surface area (Å²) in [5.41, 5.74) is 2.10. The Hall–Kier alpha value is -2.89. The van der Waals surface area contributed by atoms with E-state index in [1.54, 1.807) is 12.1 Å². The molecule has 0 radical (unpaired) electrons. The molecule has 0 heterocycles. The number of likely N-dealkylation sites (N-methyl/N-ethyl adjacent to an activating group) is 1. The van der Waals surface area contributed by atoms with Crippen LogP contribution in [0.15, 0.2) is 48.5 Å². The van der Waals surface area contributed by atoms with Gasteiger partial charge in [0.05, 0.1) is 4.92 Å². The second kappa shape index (κ2) is 6.55. The lowest BCUT2D eigenvalue weighted by atomic mass is 9.95. The van der Waals surface area contributed by atoms with Gasteiger partial charge in [-0.05, 0) is 30.5 Å². The maximum absolute atomic E-state index is 11.7.